The number of aromatic amines is 1. The highest BCUT2D eigenvalue weighted by molar-refractivity contribution is 6.31. The molecule has 0 radical (unpaired) electrons. The van der Waals surface area contributed by atoms with E-state index in [4.69, 9.17) is 17.3 Å². The smallest absolute Gasteiger partial charge is 0.270 e. The molecule has 1 amide bonds. The summed E-state index contributed by atoms with van der Waals surface area (Å²) in [6.07, 6.45) is 4.87. The zero-order valence-electron chi connectivity index (χ0n) is 18.1. The van der Waals surface area contributed by atoms with Gasteiger partial charge < -0.3 is 20.5 Å². The number of pyridine rings is 1. The molecular formula is C24H21ClFN7O. The van der Waals surface area contributed by atoms with Crippen molar-refractivity contribution in [2.75, 3.05) is 36.8 Å². The van der Waals surface area contributed by atoms with Crippen LogP contribution < -0.4 is 10.6 Å². The normalized spacial score (nSPS) is 13.8. The van der Waals surface area contributed by atoms with Crippen LogP contribution in [0.15, 0.2) is 61.1 Å². The van der Waals surface area contributed by atoms with Crippen LogP contribution >= 0.6 is 11.6 Å². The fourth-order valence-corrected chi connectivity index (χ4v) is 4.20. The highest BCUT2D eigenvalue weighted by atomic mass is 35.5. The first kappa shape index (κ1) is 21.8. The Morgan fingerprint density at radius 2 is 1.88 bits per heavy atom. The predicted molar refractivity (Wildman–Crippen MR) is 129 cm³/mol. The number of hydrogen-bond donors (Lipinski definition) is 2. The quantitative estimate of drug-likeness (QED) is 0.462. The molecule has 0 aliphatic carbocycles. The summed E-state index contributed by atoms with van der Waals surface area (Å²) >= 11 is 5.97. The summed E-state index contributed by atoms with van der Waals surface area (Å²) in [6.45, 7) is 2.53. The van der Waals surface area contributed by atoms with E-state index in [-0.39, 0.29) is 22.4 Å². The number of carbonyl (C=O) groups excluding carboxylic acids is 1. The Morgan fingerprint density at radius 3 is 2.65 bits per heavy atom. The van der Waals surface area contributed by atoms with E-state index in [0.29, 0.717) is 48.7 Å². The number of benzene rings is 1. The third kappa shape index (κ3) is 4.17. The topological polar surface area (TPSA) is 104 Å². The standard InChI is InChI=1S/C24H21ClFN7O/c25-18-5-3-4-16(21(18)26)17-14-30-24(27)31-22(17)15-12-19(29-13-15)23(34)33-10-8-32(9-11-33)20-6-1-2-7-28-20/h1-7,12-14,29H,8-11H2,(H2,27,30,31). The van der Waals surface area contributed by atoms with Crippen molar-refractivity contribution >= 4 is 29.3 Å². The summed E-state index contributed by atoms with van der Waals surface area (Å²) in [4.78, 5) is 32.8. The molecule has 0 bridgehead atoms. The molecule has 4 heterocycles. The molecule has 0 atom stereocenters. The second-order valence-corrected chi connectivity index (χ2v) is 8.27. The van der Waals surface area contributed by atoms with Gasteiger partial charge in [-0.2, -0.15) is 0 Å². The van der Waals surface area contributed by atoms with Crippen molar-refractivity contribution in [3.8, 4) is 22.4 Å². The van der Waals surface area contributed by atoms with Gasteiger partial charge in [-0.1, -0.05) is 29.8 Å². The zero-order valence-corrected chi connectivity index (χ0v) is 18.8. The van der Waals surface area contributed by atoms with E-state index in [1.807, 2.05) is 18.2 Å². The first-order valence-electron chi connectivity index (χ1n) is 10.7. The Kier molecular flexibility index (Phi) is 5.85. The number of hydrogen-bond acceptors (Lipinski definition) is 6. The van der Waals surface area contributed by atoms with Gasteiger partial charge in [-0.3, -0.25) is 4.79 Å². The molecule has 1 aliphatic rings. The fraction of sp³-hybridized carbons (Fsp3) is 0.167. The van der Waals surface area contributed by atoms with Crippen molar-refractivity contribution in [3.63, 3.8) is 0 Å². The highest BCUT2D eigenvalue weighted by Crippen LogP contribution is 2.34. The Hall–Kier alpha value is -3.98. The maximum Gasteiger partial charge on any atom is 0.270 e. The van der Waals surface area contributed by atoms with Crippen molar-refractivity contribution < 1.29 is 9.18 Å². The molecule has 8 nitrogen and oxygen atoms in total. The van der Waals surface area contributed by atoms with Gasteiger partial charge >= 0.3 is 0 Å². The number of nitrogens with zero attached hydrogens (tertiary/aromatic N) is 5. The lowest BCUT2D eigenvalue weighted by Gasteiger charge is -2.35. The van der Waals surface area contributed by atoms with Crippen LogP contribution in [-0.4, -0.2) is 56.9 Å². The summed E-state index contributed by atoms with van der Waals surface area (Å²) in [5, 5.41) is -0.00458. The molecule has 1 aliphatic heterocycles. The van der Waals surface area contributed by atoms with Gasteiger partial charge in [-0.25, -0.2) is 19.3 Å². The largest absolute Gasteiger partial charge is 0.368 e. The average molecular weight is 478 g/mol. The van der Waals surface area contributed by atoms with Crippen LogP contribution in [-0.2, 0) is 0 Å². The molecule has 0 unspecified atom stereocenters. The maximum absolute atomic E-state index is 14.7. The number of carbonyl (C=O) groups is 1. The summed E-state index contributed by atoms with van der Waals surface area (Å²) in [5.74, 6) is 0.251. The number of H-pyrrole nitrogens is 1. The predicted octanol–water partition coefficient (Wildman–Crippen LogP) is 3.87. The van der Waals surface area contributed by atoms with Crippen LogP contribution in [0.3, 0.4) is 0 Å². The van der Waals surface area contributed by atoms with Gasteiger partial charge in [0.1, 0.15) is 17.3 Å². The number of nitrogens with one attached hydrogen (secondary N) is 1. The molecule has 1 saturated heterocycles. The molecule has 5 rings (SSSR count). The molecule has 172 valence electrons. The SMILES string of the molecule is Nc1ncc(-c2cccc(Cl)c2F)c(-c2c[nH]c(C(=O)N3CCN(c4ccccn4)CC3)c2)n1. The Morgan fingerprint density at radius 1 is 1.06 bits per heavy atom. The van der Waals surface area contributed by atoms with Gasteiger partial charge in [0, 0.05) is 61.5 Å². The van der Waals surface area contributed by atoms with Gasteiger partial charge in [0.05, 0.1) is 10.7 Å². The zero-order chi connectivity index (χ0) is 23.7. The maximum atomic E-state index is 14.7. The van der Waals surface area contributed by atoms with Crippen molar-refractivity contribution in [2.45, 2.75) is 0 Å². The van der Waals surface area contributed by atoms with Gasteiger partial charge in [0.25, 0.3) is 5.91 Å². The molecule has 4 aromatic rings. The summed E-state index contributed by atoms with van der Waals surface area (Å²) in [5.41, 5.74) is 7.91. The van der Waals surface area contributed by atoms with E-state index in [0.717, 1.165) is 5.82 Å². The number of nitrogen functional groups attached to an aromatic ring is 1. The molecule has 10 heteroatoms. The summed E-state index contributed by atoms with van der Waals surface area (Å²) < 4.78 is 14.7. The third-order valence-electron chi connectivity index (χ3n) is 5.78. The van der Waals surface area contributed by atoms with E-state index < -0.39 is 5.82 Å². The lowest BCUT2D eigenvalue weighted by Crippen LogP contribution is -2.49. The number of piperazine rings is 1. The van der Waals surface area contributed by atoms with Crippen LogP contribution in [0.1, 0.15) is 10.5 Å². The van der Waals surface area contributed by atoms with Crippen molar-refractivity contribution in [3.05, 3.63) is 77.6 Å². The van der Waals surface area contributed by atoms with E-state index in [1.54, 1.807) is 35.5 Å². The average Bonchev–Trinajstić information content (AvgIpc) is 3.36. The van der Waals surface area contributed by atoms with Crippen molar-refractivity contribution in [1.82, 2.24) is 24.8 Å². The van der Waals surface area contributed by atoms with Crippen LogP contribution in [0.5, 0.6) is 0 Å². The third-order valence-corrected chi connectivity index (χ3v) is 6.07. The van der Waals surface area contributed by atoms with Crippen molar-refractivity contribution in [2.24, 2.45) is 0 Å². The van der Waals surface area contributed by atoms with E-state index in [1.165, 1.54) is 12.3 Å². The first-order valence-corrected chi connectivity index (χ1v) is 11.1. The monoisotopic (exact) mass is 477 g/mol. The molecule has 3 aromatic heterocycles. The first-order chi connectivity index (χ1) is 16.5. The number of rotatable bonds is 4. The summed E-state index contributed by atoms with van der Waals surface area (Å²) in [6, 6.07) is 12.2. The minimum atomic E-state index is -0.573. The van der Waals surface area contributed by atoms with E-state index >= 15 is 0 Å². The fourth-order valence-electron chi connectivity index (χ4n) is 4.03. The molecule has 3 N–H and O–H groups in total. The summed E-state index contributed by atoms with van der Waals surface area (Å²) in [7, 11) is 0. The second kappa shape index (κ2) is 9.11. The van der Waals surface area contributed by atoms with Gasteiger partial charge in [0.2, 0.25) is 5.95 Å². The number of anilines is 2. The second-order valence-electron chi connectivity index (χ2n) is 7.86. The lowest BCUT2D eigenvalue weighted by atomic mass is 10.0. The van der Waals surface area contributed by atoms with Gasteiger partial charge in [0.15, 0.2) is 0 Å². The van der Waals surface area contributed by atoms with Crippen LogP contribution in [0.4, 0.5) is 16.2 Å². The molecule has 1 fully saturated rings. The van der Waals surface area contributed by atoms with E-state index in [2.05, 4.69) is 24.8 Å². The van der Waals surface area contributed by atoms with Gasteiger partial charge in [-0.05, 0) is 24.3 Å². The number of halogens is 2. The minimum absolute atomic E-state index is 0.00458. The highest BCUT2D eigenvalue weighted by Gasteiger charge is 2.25. The number of nitrogens with two attached hydrogens (primary N) is 1. The molecule has 34 heavy (non-hydrogen) atoms. The molecular weight excluding hydrogens is 457 g/mol. The van der Waals surface area contributed by atoms with E-state index in [9.17, 15) is 9.18 Å². The Bertz CT molecular complexity index is 1340. The molecule has 0 saturated carbocycles. The molecule has 1 aromatic carbocycles. The number of aromatic nitrogens is 4. The Labute approximate surface area is 200 Å². The van der Waals surface area contributed by atoms with Gasteiger partial charge in [-0.15, -0.1) is 0 Å². The number of amides is 1. The minimum Gasteiger partial charge on any atom is -0.368 e. The van der Waals surface area contributed by atoms with Crippen LogP contribution in [0.25, 0.3) is 22.4 Å². The van der Waals surface area contributed by atoms with Crippen LogP contribution in [0, 0.1) is 5.82 Å². The Balaban J connectivity index is 1.38. The molecule has 0 spiro atoms. The van der Waals surface area contributed by atoms with Crippen LogP contribution in [0.2, 0.25) is 5.02 Å². The van der Waals surface area contributed by atoms with Crippen molar-refractivity contribution in [1.29, 1.82) is 0 Å². The lowest BCUT2D eigenvalue weighted by molar-refractivity contribution is 0.0741.